The molecule has 0 saturated carbocycles. The molecule has 3 aromatic rings. The second-order valence-corrected chi connectivity index (χ2v) is 5.25. The zero-order valence-electron chi connectivity index (χ0n) is 10.5. The number of rotatable bonds is 4. The van der Waals surface area contributed by atoms with E-state index < -0.39 is 0 Å². The third-order valence-electron chi connectivity index (χ3n) is 2.81. The zero-order chi connectivity index (χ0) is 13.9. The first-order valence-corrected chi connectivity index (χ1v) is 6.99. The predicted octanol–water partition coefficient (Wildman–Crippen LogP) is 1.20. The third kappa shape index (κ3) is 2.59. The number of nitrogens with zero attached hydrogens (tertiary/aromatic N) is 3. The van der Waals surface area contributed by atoms with Crippen LogP contribution < -0.4 is 5.56 Å². The number of fused-ring (bicyclic) bond motifs is 1. The number of H-pyrrole nitrogens is 1. The van der Waals surface area contributed by atoms with Crippen LogP contribution in [0.15, 0.2) is 46.3 Å². The molecule has 0 aliphatic rings. The van der Waals surface area contributed by atoms with Crippen molar-refractivity contribution in [2.24, 2.45) is 0 Å². The molecular formula is C13H12N4O2S. The van der Waals surface area contributed by atoms with Crippen molar-refractivity contribution in [3.63, 3.8) is 0 Å². The second kappa shape index (κ2) is 5.48. The van der Waals surface area contributed by atoms with Crippen LogP contribution in [0.2, 0.25) is 0 Å². The van der Waals surface area contributed by atoms with Crippen LogP contribution in [0.25, 0.3) is 5.78 Å². The van der Waals surface area contributed by atoms with E-state index in [1.165, 1.54) is 16.9 Å². The fraction of sp³-hybridized carbons (Fsp3) is 0.154. The third-order valence-corrected chi connectivity index (χ3v) is 3.86. The number of aliphatic hydroxyl groups excluding tert-OH is 1. The first kappa shape index (κ1) is 12.9. The highest BCUT2D eigenvalue weighted by atomic mass is 32.2. The molecule has 0 unspecified atom stereocenters. The molecule has 102 valence electrons. The Balaban J connectivity index is 1.77. The Morgan fingerprint density at radius 2 is 2.10 bits per heavy atom. The van der Waals surface area contributed by atoms with Gasteiger partial charge in [-0.1, -0.05) is 12.1 Å². The fourth-order valence-electron chi connectivity index (χ4n) is 1.79. The number of hydrogen-bond donors (Lipinski definition) is 2. The van der Waals surface area contributed by atoms with Gasteiger partial charge in [-0.3, -0.25) is 9.89 Å². The maximum atomic E-state index is 11.8. The minimum atomic E-state index is -0.168. The predicted molar refractivity (Wildman–Crippen MR) is 75.5 cm³/mol. The summed E-state index contributed by atoms with van der Waals surface area (Å²) in [7, 11) is 0. The Kier molecular flexibility index (Phi) is 3.53. The number of aliphatic hydroxyl groups is 1. The Morgan fingerprint density at radius 3 is 2.85 bits per heavy atom. The summed E-state index contributed by atoms with van der Waals surface area (Å²) in [6.45, 7) is 0.0408. The maximum Gasteiger partial charge on any atom is 0.274 e. The van der Waals surface area contributed by atoms with Crippen molar-refractivity contribution in [1.29, 1.82) is 0 Å². The molecule has 0 atom stereocenters. The number of hydrogen-bond acceptors (Lipinski definition) is 5. The lowest BCUT2D eigenvalue weighted by molar-refractivity contribution is 0.282. The summed E-state index contributed by atoms with van der Waals surface area (Å²) < 4.78 is 1.30. The van der Waals surface area contributed by atoms with Gasteiger partial charge in [-0.2, -0.15) is 4.52 Å². The molecular weight excluding hydrogens is 276 g/mol. The van der Waals surface area contributed by atoms with E-state index in [0.29, 0.717) is 17.2 Å². The highest BCUT2D eigenvalue weighted by Gasteiger charge is 2.04. The van der Waals surface area contributed by atoms with Gasteiger partial charge in [0.1, 0.15) is 6.33 Å². The van der Waals surface area contributed by atoms with Gasteiger partial charge in [0, 0.05) is 16.7 Å². The molecule has 2 heterocycles. The molecule has 1 aromatic carbocycles. The Labute approximate surface area is 118 Å². The normalized spacial score (nSPS) is 11.1. The van der Waals surface area contributed by atoms with Crippen LogP contribution in [0.5, 0.6) is 0 Å². The molecule has 6 nitrogen and oxygen atoms in total. The second-order valence-electron chi connectivity index (χ2n) is 4.20. The molecule has 0 fully saturated rings. The van der Waals surface area contributed by atoms with E-state index in [2.05, 4.69) is 15.1 Å². The molecule has 0 radical (unpaired) electrons. The van der Waals surface area contributed by atoms with Gasteiger partial charge in [-0.25, -0.2) is 9.97 Å². The van der Waals surface area contributed by atoms with Gasteiger partial charge in [0.15, 0.2) is 0 Å². The summed E-state index contributed by atoms with van der Waals surface area (Å²) in [4.78, 5) is 21.1. The van der Waals surface area contributed by atoms with E-state index >= 15 is 0 Å². The molecule has 0 bridgehead atoms. The molecule has 0 aliphatic heterocycles. The van der Waals surface area contributed by atoms with Crippen LogP contribution in [0.3, 0.4) is 0 Å². The van der Waals surface area contributed by atoms with Crippen LogP contribution in [-0.4, -0.2) is 24.7 Å². The van der Waals surface area contributed by atoms with Crippen molar-refractivity contribution >= 4 is 17.5 Å². The van der Waals surface area contributed by atoms with Crippen molar-refractivity contribution in [2.75, 3.05) is 0 Å². The molecule has 7 heteroatoms. The summed E-state index contributed by atoms with van der Waals surface area (Å²) in [6.07, 6.45) is 1.44. The quantitative estimate of drug-likeness (QED) is 0.705. The fourth-order valence-corrected chi connectivity index (χ4v) is 2.58. The molecule has 0 amide bonds. The molecule has 2 aromatic heterocycles. The summed E-state index contributed by atoms with van der Waals surface area (Å²) in [5.74, 6) is 0.973. The monoisotopic (exact) mass is 288 g/mol. The first-order valence-electron chi connectivity index (χ1n) is 6.01. The lowest BCUT2D eigenvalue weighted by atomic mass is 10.2. The van der Waals surface area contributed by atoms with Crippen LogP contribution >= 0.6 is 11.8 Å². The van der Waals surface area contributed by atoms with Crippen molar-refractivity contribution in [3.05, 3.63) is 58.3 Å². The van der Waals surface area contributed by atoms with Crippen molar-refractivity contribution in [2.45, 2.75) is 17.3 Å². The van der Waals surface area contributed by atoms with Crippen LogP contribution in [0.4, 0.5) is 0 Å². The van der Waals surface area contributed by atoms with Crippen LogP contribution in [-0.2, 0) is 12.4 Å². The van der Waals surface area contributed by atoms with Gasteiger partial charge in [0.2, 0.25) is 0 Å². The highest BCUT2D eigenvalue weighted by Crippen LogP contribution is 2.21. The van der Waals surface area contributed by atoms with Gasteiger partial charge in [0.05, 0.1) is 12.3 Å². The minimum absolute atomic E-state index is 0.0408. The van der Waals surface area contributed by atoms with E-state index in [4.69, 9.17) is 5.11 Å². The molecule has 2 N–H and O–H groups in total. The largest absolute Gasteiger partial charge is 0.392 e. The number of benzene rings is 1. The highest BCUT2D eigenvalue weighted by molar-refractivity contribution is 7.98. The standard InChI is InChI=1S/C13H12N4O2S/c18-6-9-1-3-11(4-2-9)20-7-10-5-12(19)17-13(16-10)14-8-15-17/h1-5,8,18H,6-7H2,(H,14,15,16). The van der Waals surface area contributed by atoms with Gasteiger partial charge >= 0.3 is 0 Å². The Hall–Kier alpha value is -2.12. The lowest BCUT2D eigenvalue weighted by Gasteiger charge is -2.02. The average molecular weight is 288 g/mol. The summed E-state index contributed by atoms with van der Waals surface area (Å²) >= 11 is 1.58. The topological polar surface area (TPSA) is 83.3 Å². The number of thioether (sulfide) groups is 1. The van der Waals surface area contributed by atoms with E-state index in [9.17, 15) is 4.79 Å². The molecule has 20 heavy (non-hydrogen) atoms. The Bertz CT molecular complexity index is 779. The maximum absolute atomic E-state index is 11.8. The van der Waals surface area contributed by atoms with E-state index in [1.807, 2.05) is 24.3 Å². The van der Waals surface area contributed by atoms with Gasteiger partial charge in [-0.15, -0.1) is 11.8 Å². The van der Waals surface area contributed by atoms with Crippen LogP contribution in [0, 0.1) is 0 Å². The summed E-state index contributed by atoms with van der Waals surface area (Å²) in [6, 6.07) is 9.13. The lowest BCUT2D eigenvalue weighted by Crippen LogP contribution is -2.15. The molecule has 0 saturated heterocycles. The Morgan fingerprint density at radius 1 is 1.30 bits per heavy atom. The van der Waals surface area contributed by atoms with Gasteiger partial charge in [-0.05, 0) is 17.7 Å². The summed E-state index contributed by atoms with van der Waals surface area (Å²) in [5.41, 5.74) is 1.40. The van der Waals surface area contributed by atoms with Gasteiger partial charge in [0.25, 0.3) is 11.3 Å². The van der Waals surface area contributed by atoms with Crippen molar-refractivity contribution < 1.29 is 5.11 Å². The van der Waals surface area contributed by atoms with Crippen molar-refractivity contribution in [3.8, 4) is 0 Å². The zero-order valence-corrected chi connectivity index (χ0v) is 11.3. The summed E-state index contributed by atoms with van der Waals surface area (Å²) in [5, 5.41) is 11.7. The molecule has 0 spiro atoms. The van der Waals surface area contributed by atoms with Crippen LogP contribution in [0.1, 0.15) is 11.3 Å². The first-order chi connectivity index (χ1) is 9.76. The minimum Gasteiger partial charge on any atom is -0.392 e. The number of nitrogens with one attached hydrogen (secondary N) is 1. The number of aromatic nitrogens is 4. The van der Waals surface area contributed by atoms with E-state index in [-0.39, 0.29) is 12.2 Å². The molecule has 3 rings (SSSR count). The van der Waals surface area contributed by atoms with Crippen molar-refractivity contribution in [1.82, 2.24) is 19.6 Å². The number of aromatic amines is 1. The molecule has 0 aliphatic carbocycles. The van der Waals surface area contributed by atoms with E-state index in [1.54, 1.807) is 11.8 Å². The van der Waals surface area contributed by atoms with E-state index in [0.717, 1.165) is 10.5 Å². The van der Waals surface area contributed by atoms with Gasteiger partial charge < -0.3 is 5.11 Å². The smallest absolute Gasteiger partial charge is 0.274 e. The SMILES string of the molecule is O=c1cc(CSc2ccc(CO)cc2)nc2nc[nH]n12. The average Bonchev–Trinajstić information content (AvgIpc) is 2.94.